The number of amidine groups is 1. The molecule has 0 spiro atoms. The number of nitrogens with two attached hydrogens (primary N) is 1. The zero-order valence-corrected chi connectivity index (χ0v) is 22.4. The van der Waals surface area contributed by atoms with Crippen molar-refractivity contribution in [2.24, 2.45) is 15.7 Å². The third-order valence-corrected chi connectivity index (χ3v) is 7.28. The fraction of sp³-hybridized carbons (Fsp3) is 0.423. The highest BCUT2D eigenvalue weighted by molar-refractivity contribution is 8.03. The fourth-order valence-corrected chi connectivity index (χ4v) is 5.11. The number of hydrogen-bond acceptors (Lipinski definition) is 6. The molecule has 36 heavy (non-hydrogen) atoms. The first-order valence-corrected chi connectivity index (χ1v) is 13.2. The summed E-state index contributed by atoms with van der Waals surface area (Å²) in [6.07, 6.45) is 4.18. The number of hydrogen-bond donors (Lipinski definition) is 2. The Labute approximate surface area is 220 Å². The lowest BCUT2D eigenvalue weighted by Gasteiger charge is -2.35. The molecule has 0 bridgehead atoms. The number of thioether (sulfide) groups is 1. The number of aliphatic imine (C=N–C) groups is 2. The molecule has 2 aliphatic heterocycles. The third-order valence-electron chi connectivity index (χ3n) is 5.93. The molecule has 1 aromatic carbocycles. The van der Waals surface area contributed by atoms with E-state index in [9.17, 15) is 13.6 Å². The van der Waals surface area contributed by atoms with Crippen LogP contribution in [0, 0.1) is 5.82 Å². The summed E-state index contributed by atoms with van der Waals surface area (Å²) in [6.45, 7) is 7.65. The predicted octanol–water partition coefficient (Wildman–Crippen LogP) is 5.67. The maximum absolute atomic E-state index is 14.6. The minimum atomic E-state index is -1.42. The van der Waals surface area contributed by atoms with Crippen LogP contribution < -0.4 is 11.1 Å². The molecule has 3 N–H and O–H groups in total. The molecule has 3 rings (SSSR count). The average molecular weight is 536 g/mol. The molecular formula is C26H32ClF2N5OS. The second-order valence-corrected chi connectivity index (χ2v) is 10.2. The van der Waals surface area contributed by atoms with Gasteiger partial charge in [-0.15, -0.1) is 11.8 Å². The summed E-state index contributed by atoms with van der Waals surface area (Å²) in [5.74, 6) is 0.200. The molecule has 0 aliphatic carbocycles. The Bertz CT molecular complexity index is 1130. The van der Waals surface area contributed by atoms with Crippen molar-refractivity contribution in [3.05, 3.63) is 69.1 Å². The van der Waals surface area contributed by atoms with Crippen molar-refractivity contribution in [2.45, 2.75) is 64.2 Å². The van der Waals surface area contributed by atoms with E-state index in [0.29, 0.717) is 36.1 Å². The molecule has 2 aliphatic rings. The van der Waals surface area contributed by atoms with E-state index in [1.54, 1.807) is 24.8 Å². The molecular weight excluding hydrogens is 504 g/mol. The highest BCUT2D eigenvalue weighted by Crippen LogP contribution is 2.43. The Kier molecular flexibility index (Phi) is 9.73. The van der Waals surface area contributed by atoms with Gasteiger partial charge in [0.05, 0.1) is 16.3 Å². The summed E-state index contributed by atoms with van der Waals surface area (Å²) in [5, 5.41) is 5.06. The summed E-state index contributed by atoms with van der Waals surface area (Å²) in [5.41, 5.74) is 8.67. The number of allylic oxidation sites excluding steroid dienone is 1. The van der Waals surface area contributed by atoms with E-state index >= 15 is 0 Å². The van der Waals surface area contributed by atoms with Crippen molar-refractivity contribution < 1.29 is 13.6 Å². The number of alkyl halides is 1. The van der Waals surface area contributed by atoms with Gasteiger partial charge in [-0.2, -0.15) is 0 Å². The minimum absolute atomic E-state index is 0.0113. The van der Waals surface area contributed by atoms with Gasteiger partial charge in [0.15, 0.2) is 6.30 Å². The molecule has 0 radical (unpaired) electrons. The SMILES string of the molecule is C/C=C\SC(C)C1=N[C@@H](c2ccc(Cl)c(F)c2)C(C(C=NC(C)F)=CN)=C2CC(NC(=O)CC)CN12. The van der Waals surface area contributed by atoms with Crippen LogP contribution in [0.15, 0.2) is 62.7 Å². The highest BCUT2D eigenvalue weighted by Gasteiger charge is 2.40. The molecule has 1 aromatic rings. The van der Waals surface area contributed by atoms with E-state index in [2.05, 4.69) is 22.1 Å². The maximum atomic E-state index is 14.6. The summed E-state index contributed by atoms with van der Waals surface area (Å²) in [6, 6.07) is 3.82. The van der Waals surface area contributed by atoms with Crippen molar-refractivity contribution in [3.8, 4) is 0 Å². The monoisotopic (exact) mass is 535 g/mol. The Morgan fingerprint density at radius 3 is 2.81 bits per heavy atom. The lowest BCUT2D eigenvalue weighted by molar-refractivity contribution is -0.121. The van der Waals surface area contributed by atoms with Crippen LogP contribution in [0.25, 0.3) is 0 Å². The van der Waals surface area contributed by atoms with Gasteiger partial charge in [-0.25, -0.2) is 8.78 Å². The minimum Gasteiger partial charge on any atom is -0.404 e. The van der Waals surface area contributed by atoms with Crippen molar-refractivity contribution in [1.29, 1.82) is 0 Å². The van der Waals surface area contributed by atoms with E-state index in [4.69, 9.17) is 22.3 Å². The first kappa shape index (κ1) is 27.9. The van der Waals surface area contributed by atoms with Gasteiger partial charge in [0.1, 0.15) is 17.7 Å². The van der Waals surface area contributed by atoms with E-state index in [1.165, 1.54) is 31.5 Å². The van der Waals surface area contributed by atoms with Gasteiger partial charge < -0.3 is 16.0 Å². The molecule has 2 heterocycles. The number of halogens is 3. The van der Waals surface area contributed by atoms with Crippen LogP contribution in [0.1, 0.15) is 52.1 Å². The normalized spacial score (nSPS) is 22.2. The molecule has 4 atom stereocenters. The molecule has 1 amide bonds. The Hall–Kier alpha value is -2.65. The topological polar surface area (TPSA) is 83.1 Å². The number of amides is 1. The summed E-state index contributed by atoms with van der Waals surface area (Å²) in [7, 11) is 0. The quantitative estimate of drug-likeness (QED) is 0.315. The van der Waals surface area contributed by atoms with Crippen LogP contribution in [0.5, 0.6) is 0 Å². The van der Waals surface area contributed by atoms with Crippen molar-refractivity contribution in [2.75, 3.05) is 6.54 Å². The molecule has 6 nitrogen and oxygen atoms in total. The number of nitrogens with one attached hydrogen (secondary N) is 1. The van der Waals surface area contributed by atoms with Crippen molar-refractivity contribution in [1.82, 2.24) is 10.2 Å². The zero-order chi connectivity index (χ0) is 26.4. The molecule has 0 aromatic heterocycles. The Morgan fingerprint density at radius 1 is 1.44 bits per heavy atom. The van der Waals surface area contributed by atoms with Crippen LogP contribution >= 0.6 is 23.4 Å². The first-order chi connectivity index (χ1) is 17.2. The molecule has 0 saturated carbocycles. The average Bonchev–Trinajstić information content (AvgIpc) is 3.27. The van der Waals surface area contributed by atoms with Crippen LogP contribution in [-0.4, -0.2) is 47.0 Å². The maximum Gasteiger partial charge on any atom is 0.220 e. The molecule has 3 unspecified atom stereocenters. The number of carbonyl (C=O) groups excluding carboxylic acids is 1. The number of rotatable bonds is 9. The van der Waals surface area contributed by atoms with Gasteiger partial charge in [0, 0.05) is 48.6 Å². The van der Waals surface area contributed by atoms with Crippen LogP contribution in [0.2, 0.25) is 5.02 Å². The number of fused-ring (bicyclic) bond motifs is 1. The zero-order valence-electron chi connectivity index (χ0n) is 20.8. The van der Waals surface area contributed by atoms with E-state index in [0.717, 1.165) is 11.5 Å². The third kappa shape index (κ3) is 6.37. The van der Waals surface area contributed by atoms with E-state index < -0.39 is 18.2 Å². The van der Waals surface area contributed by atoms with Gasteiger partial charge >= 0.3 is 0 Å². The van der Waals surface area contributed by atoms with E-state index in [-0.39, 0.29) is 22.2 Å². The highest BCUT2D eigenvalue weighted by atomic mass is 35.5. The Balaban J connectivity index is 2.21. The Morgan fingerprint density at radius 2 is 2.19 bits per heavy atom. The van der Waals surface area contributed by atoms with Gasteiger partial charge in [-0.1, -0.05) is 30.7 Å². The van der Waals surface area contributed by atoms with Crippen LogP contribution in [-0.2, 0) is 4.79 Å². The van der Waals surface area contributed by atoms with Gasteiger partial charge in [0.25, 0.3) is 0 Å². The molecule has 194 valence electrons. The summed E-state index contributed by atoms with van der Waals surface area (Å²) in [4.78, 5) is 23.3. The lowest BCUT2D eigenvalue weighted by atomic mass is 9.89. The molecule has 10 heteroatoms. The van der Waals surface area contributed by atoms with Gasteiger partial charge in [-0.3, -0.25) is 14.8 Å². The van der Waals surface area contributed by atoms with Gasteiger partial charge in [-0.05, 0) is 43.9 Å². The number of benzene rings is 1. The number of carbonyl (C=O) groups is 1. The molecule has 1 fully saturated rings. The van der Waals surface area contributed by atoms with Crippen LogP contribution in [0.3, 0.4) is 0 Å². The second kappa shape index (κ2) is 12.5. The summed E-state index contributed by atoms with van der Waals surface area (Å²) < 4.78 is 28.2. The van der Waals surface area contributed by atoms with Gasteiger partial charge in [0.2, 0.25) is 5.91 Å². The summed E-state index contributed by atoms with van der Waals surface area (Å²) >= 11 is 7.57. The standard InChI is InChI=1S/C26H32ClF2N5OS/c1-5-9-36-15(3)26-33-25(17-7-8-20(27)21(29)10-17)24(18(12-30)13-31-16(4)28)22-11-19(14-34(22)26)32-23(35)6-2/h5,7-10,12-13,15-16,19,25H,6,11,14,30H2,1-4H3,(H,32,35)/b9-5-,18-12?,31-13?/t15?,16?,19?,25-/m0/s1. The number of nitrogens with zero attached hydrogens (tertiary/aromatic N) is 3. The largest absolute Gasteiger partial charge is 0.404 e. The van der Waals surface area contributed by atoms with E-state index in [1.807, 2.05) is 18.4 Å². The van der Waals surface area contributed by atoms with Crippen molar-refractivity contribution >= 4 is 41.3 Å². The van der Waals surface area contributed by atoms with Crippen LogP contribution in [0.4, 0.5) is 8.78 Å². The van der Waals surface area contributed by atoms with Crippen molar-refractivity contribution in [3.63, 3.8) is 0 Å². The first-order valence-electron chi connectivity index (χ1n) is 11.9. The smallest absolute Gasteiger partial charge is 0.220 e. The fourth-order valence-electron chi connectivity index (χ4n) is 4.29. The predicted molar refractivity (Wildman–Crippen MR) is 145 cm³/mol. The molecule has 1 saturated heterocycles. The lowest BCUT2D eigenvalue weighted by Crippen LogP contribution is -2.41. The second-order valence-electron chi connectivity index (χ2n) is 8.58.